The fourth-order valence-corrected chi connectivity index (χ4v) is 2.48. The van der Waals surface area contributed by atoms with Crippen LogP contribution in [0.5, 0.6) is 5.75 Å². The maximum absolute atomic E-state index is 10.4. The number of nitrogens with one attached hydrogen (secondary N) is 1. The molecule has 20 heavy (non-hydrogen) atoms. The highest BCUT2D eigenvalue weighted by Gasteiger charge is 2.14. The molecule has 0 aliphatic rings. The van der Waals surface area contributed by atoms with Crippen LogP contribution in [-0.4, -0.2) is 24.4 Å². The molecule has 0 heterocycles. The van der Waals surface area contributed by atoms with E-state index in [4.69, 9.17) is 4.74 Å². The van der Waals surface area contributed by atoms with Crippen LogP contribution in [-0.2, 0) is 4.74 Å². The van der Waals surface area contributed by atoms with Crippen molar-refractivity contribution in [3.63, 3.8) is 0 Å². The summed E-state index contributed by atoms with van der Waals surface area (Å²) in [6, 6.07) is 12.2. The number of aromatic hydroxyl groups is 1. The van der Waals surface area contributed by atoms with Crippen LogP contribution >= 0.6 is 0 Å². The van der Waals surface area contributed by atoms with Gasteiger partial charge in [0.2, 0.25) is 0 Å². The molecule has 0 saturated carbocycles. The number of phenols is 1. The van der Waals surface area contributed by atoms with Gasteiger partial charge in [-0.05, 0) is 26.2 Å². The second kappa shape index (κ2) is 6.73. The lowest BCUT2D eigenvalue weighted by molar-refractivity contribution is 0.124. The van der Waals surface area contributed by atoms with Gasteiger partial charge in [0.15, 0.2) is 0 Å². The predicted octanol–water partition coefficient (Wildman–Crippen LogP) is 3.62. The van der Waals surface area contributed by atoms with E-state index in [1.54, 1.807) is 0 Å². The molecule has 0 fully saturated rings. The fraction of sp³-hybridized carbons (Fsp3) is 0.412. The lowest BCUT2D eigenvalue weighted by Gasteiger charge is -2.21. The molecule has 0 saturated heterocycles. The van der Waals surface area contributed by atoms with Gasteiger partial charge in [-0.2, -0.15) is 0 Å². The van der Waals surface area contributed by atoms with Crippen molar-refractivity contribution in [1.29, 1.82) is 0 Å². The van der Waals surface area contributed by atoms with Gasteiger partial charge in [0.25, 0.3) is 0 Å². The first-order valence-electron chi connectivity index (χ1n) is 7.18. The molecule has 0 bridgehead atoms. The van der Waals surface area contributed by atoms with E-state index < -0.39 is 0 Å². The summed E-state index contributed by atoms with van der Waals surface area (Å²) in [4.78, 5) is 0. The van der Waals surface area contributed by atoms with Crippen molar-refractivity contribution in [3.8, 4) is 5.75 Å². The quantitative estimate of drug-likeness (QED) is 0.844. The zero-order chi connectivity index (χ0) is 14.5. The van der Waals surface area contributed by atoms with Crippen molar-refractivity contribution in [1.82, 2.24) is 5.32 Å². The van der Waals surface area contributed by atoms with Crippen molar-refractivity contribution in [2.24, 2.45) is 0 Å². The van der Waals surface area contributed by atoms with Gasteiger partial charge in [0.05, 0.1) is 6.61 Å². The maximum Gasteiger partial charge on any atom is 0.128 e. The minimum absolute atomic E-state index is 0.0788. The van der Waals surface area contributed by atoms with Crippen LogP contribution in [0.2, 0.25) is 0 Å². The number of phenolic OH excluding ortho intramolecular Hbond substituents is 1. The first kappa shape index (κ1) is 14.8. The Morgan fingerprint density at radius 2 is 1.90 bits per heavy atom. The third-order valence-electron chi connectivity index (χ3n) is 3.50. The van der Waals surface area contributed by atoms with Gasteiger partial charge in [-0.1, -0.05) is 36.4 Å². The molecular weight excluding hydrogens is 250 g/mol. The van der Waals surface area contributed by atoms with Crippen molar-refractivity contribution in [3.05, 3.63) is 42.0 Å². The molecule has 2 unspecified atom stereocenters. The summed E-state index contributed by atoms with van der Waals surface area (Å²) in [7, 11) is 0. The normalized spacial score (nSPS) is 14.3. The SMILES string of the molecule is CCOCC(C)NC(C)c1ccc2ccccc2c1O. The standard InChI is InChI=1S/C17H23NO2/c1-4-20-11-12(2)18-13(3)15-10-9-14-7-5-6-8-16(14)17(15)19/h5-10,12-13,18-19H,4,11H2,1-3H3. The number of benzene rings is 2. The summed E-state index contributed by atoms with van der Waals surface area (Å²) >= 11 is 0. The zero-order valence-corrected chi connectivity index (χ0v) is 12.4. The van der Waals surface area contributed by atoms with Crippen molar-refractivity contribution in [2.75, 3.05) is 13.2 Å². The van der Waals surface area contributed by atoms with E-state index in [9.17, 15) is 5.11 Å². The van der Waals surface area contributed by atoms with Crippen LogP contribution in [0.4, 0.5) is 0 Å². The van der Waals surface area contributed by atoms with Crippen LogP contribution in [0, 0.1) is 0 Å². The van der Waals surface area contributed by atoms with Crippen LogP contribution in [0.15, 0.2) is 36.4 Å². The Morgan fingerprint density at radius 1 is 1.15 bits per heavy atom. The minimum Gasteiger partial charge on any atom is -0.507 e. The molecule has 3 nitrogen and oxygen atoms in total. The molecule has 0 aromatic heterocycles. The molecule has 0 amide bonds. The molecule has 0 spiro atoms. The van der Waals surface area contributed by atoms with Crippen molar-refractivity contribution in [2.45, 2.75) is 32.9 Å². The summed E-state index contributed by atoms with van der Waals surface area (Å²) in [5, 5.41) is 15.8. The van der Waals surface area contributed by atoms with Gasteiger partial charge in [-0.3, -0.25) is 0 Å². The molecular formula is C17H23NO2. The van der Waals surface area contributed by atoms with Gasteiger partial charge < -0.3 is 15.2 Å². The third kappa shape index (κ3) is 3.30. The molecule has 2 rings (SSSR count). The Labute approximate surface area is 120 Å². The number of hydrogen-bond donors (Lipinski definition) is 2. The van der Waals surface area contributed by atoms with E-state index in [-0.39, 0.29) is 12.1 Å². The number of rotatable bonds is 6. The molecule has 0 radical (unpaired) electrons. The molecule has 108 valence electrons. The third-order valence-corrected chi connectivity index (χ3v) is 3.50. The number of ether oxygens (including phenoxy) is 1. The van der Waals surface area contributed by atoms with Crippen LogP contribution < -0.4 is 5.32 Å². The van der Waals surface area contributed by atoms with Crippen LogP contribution in [0.3, 0.4) is 0 Å². The summed E-state index contributed by atoms with van der Waals surface area (Å²) in [6.45, 7) is 7.54. The van der Waals surface area contributed by atoms with Crippen LogP contribution in [0.25, 0.3) is 10.8 Å². The van der Waals surface area contributed by atoms with Gasteiger partial charge in [-0.15, -0.1) is 0 Å². The Morgan fingerprint density at radius 3 is 2.65 bits per heavy atom. The van der Waals surface area contributed by atoms with E-state index in [0.717, 1.165) is 22.9 Å². The summed E-state index contributed by atoms with van der Waals surface area (Å²) in [5.74, 6) is 0.367. The van der Waals surface area contributed by atoms with E-state index in [1.165, 1.54) is 0 Å². The first-order chi connectivity index (χ1) is 9.63. The van der Waals surface area contributed by atoms with E-state index in [2.05, 4.69) is 25.2 Å². The van der Waals surface area contributed by atoms with Crippen molar-refractivity contribution >= 4 is 10.8 Å². The summed E-state index contributed by atoms with van der Waals surface area (Å²) < 4.78 is 5.41. The average molecular weight is 273 g/mol. The Kier molecular flexibility index (Phi) is 4.99. The topological polar surface area (TPSA) is 41.5 Å². The summed E-state index contributed by atoms with van der Waals surface area (Å²) in [5.41, 5.74) is 0.923. The highest BCUT2D eigenvalue weighted by molar-refractivity contribution is 5.89. The molecule has 0 aliphatic carbocycles. The monoisotopic (exact) mass is 273 g/mol. The Balaban J connectivity index is 2.17. The lowest BCUT2D eigenvalue weighted by atomic mass is 10.0. The molecule has 2 aromatic carbocycles. The number of hydrogen-bond acceptors (Lipinski definition) is 3. The fourth-order valence-electron chi connectivity index (χ4n) is 2.48. The highest BCUT2D eigenvalue weighted by Crippen LogP contribution is 2.32. The smallest absolute Gasteiger partial charge is 0.128 e. The van der Waals surface area contributed by atoms with Gasteiger partial charge >= 0.3 is 0 Å². The van der Waals surface area contributed by atoms with Gasteiger partial charge in [0.1, 0.15) is 5.75 Å². The molecule has 2 N–H and O–H groups in total. The zero-order valence-electron chi connectivity index (χ0n) is 12.4. The van der Waals surface area contributed by atoms with E-state index in [1.807, 2.05) is 37.3 Å². The lowest BCUT2D eigenvalue weighted by Crippen LogP contribution is -2.32. The molecule has 3 heteroatoms. The Hall–Kier alpha value is -1.58. The minimum atomic E-state index is 0.0788. The van der Waals surface area contributed by atoms with Crippen LogP contribution in [0.1, 0.15) is 32.4 Å². The average Bonchev–Trinajstić information content (AvgIpc) is 2.45. The predicted molar refractivity (Wildman–Crippen MR) is 83.1 cm³/mol. The van der Waals surface area contributed by atoms with Gasteiger partial charge in [-0.25, -0.2) is 0 Å². The molecule has 2 atom stereocenters. The number of fused-ring (bicyclic) bond motifs is 1. The maximum atomic E-state index is 10.4. The van der Waals surface area contributed by atoms with Crippen molar-refractivity contribution < 1.29 is 9.84 Å². The highest BCUT2D eigenvalue weighted by atomic mass is 16.5. The first-order valence-corrected chi connectivity index (χ1v) is 7.18. The van der Waals surface area contributed by atoms with E-state index >= 15 is 0 Å². The second-order valence-electron chi connectivity index (χ2n) is 5.17. The second-order valence-corrected chi connectivity index (χ2v) is 5.17. The Bertz CT molecular complexity index is 568. The largest absolute Gasteiger partial charge is 0.507 e. The van der Waals surface area contributed by atoms with Gasteiger partial charge in [0, 0.05) is 29.6 Å². The summed E-state index contributed by atoms with van der Waals surface area (Å²) in [6.07, 6.45) is 0. The van der Waals surface area contributed by atoms with E-state index in [0.29, 0.717) is 12.4 Å². The molecule has 2 aromatic rings. The molecule has 0 aliphatic heterocycles.